The average Bonchev–Trinajstić information content (AvgIpc) is 3.20. The monoisotopic (exact) mass is 444 g/mol. The highest BCUT2D eigenvalue weighted by molar-refractivity contribution is 6.07. The van der Waals surface area contributed by atoms with E-state index in [4.69, 9.17) is 14.2 Å². The number of amides is 1. The first-order valence-corrected chi connectivity index (χ1v) is 11.4. The number of para-hydroxylation sites is 2. The van der Waals surface area contributed by atoms with Crippen LogP contribution in [0.2, 0.25) is 0 Å². The Labute approximate surface area is 193 Å². The van der Waals surface area contributed by atoms with Gasteiger partial charge in [-0.15, -0.1) is 0 Å². The molecule has 0 spiro atoms. The summed E-state index contributed by atoms with van der Waals surface area (Å²) in [7, 11) is 0. The van der Waals surface area contributed by atoms with Gasteiger partial charge in [0.25, 0.3) is 0 Å². The molecule has 1 aromatic heterocycles. The van der Waals surface area contributed by atoms with Crippen LogP contribution < -0.4 is 9.47 Å². The van der Waals surface area contributed by atoms with E-state index in [2.05, 4.69) is 23.2 Å². The van der Waals surface area contributed by atoms with E-state index in [0.717, 1.165) is 28.1 Å². The van der Waals surface area contributed by atoms with Crippen molar-refractivity contribution in [2.75, 3.05) is 32.9 Å². The third kappa shape index (κ3) is 4.81. The molecule has 0 saturated carbocycles. The summed E-state index contributed by atoms with van der Waals surface area (Å²) < 4.78 is 17.6. The van der Waals surface area contributed by atoms with Crippen LogP contribution in [0.5, 0.6) is 11.5 Å². The van der Waals surface area contributed by atoms with E-state index >= 15 is 0 Å². The quantitative estimate of drug-likeness (QED) is 0.428. The molecule has 1 fully saturated rings. The van der Waals surface area contributed by atoms with Crippen LogP contribution in [0.15, 0.2) is 66.7 Å². The first-order chi connectivity index (χ1) is 16.2. The molecule has 0 bridgehead atoms. The molecular formula is C27H28N2O4. The maximum atomic E-state index is 12.3. The van der Waals surface area contributed by atoms with Crippen LogP contribution >= 0.6 is 0 Å². The Bertz CT molecular complexity index is 1270. The Hall–Kier alpha value is -3.51. The highest BCUT2D eigenvalue weighted by Gasteiger charge is 2.26. The van der Waals surface area contributed by atoms with E-state index in [1.54, 1.807) is 0 Å². The molecule has 33 heavy (non-hydrogen) atoms. The summed E-state index contributed by atoms with van der Waals surface area (Å²) in [6.07, 6.45) is 0.672. The molecule has 1 aliphatic rings. The lowest BCUT2D eigenvalue weighted by molar-refractivity contribution is -0.150. The Morgan fingerprint density at radius 2 is 1.79 bits per heavy atom. The van der Waals surface area contributed by atoms with E-state index in [1.165, 1.54) is 10.8 Å². The summed E-state index contributed by atoms with van der Waals surface area (Å²) in [4.78, 5) is 17.5. The molecular weight excluding hydrogens is 416 g/mol. The van der Waals surface area contributed by atoms with Crippen LogP contribution in [0, 0.1) is 6.92 Å². The standard InChI is InChI=1S/C27H28N2O4/c1-19-6-2-5-9-26(19)32-15-13-29-17-21(33-18-27(29)30)12-14-31-20-10-11-23-22-7-3-4-8-24(22)28-25(23)16-20/h2-11,16,21,28H,12-15,17-18H2,1H3. The van der Waals surface area contributed by atoms with E-state index in [-0.39, 0.29) is 18.6 Å². The number of carbonyl (C=O) groups excluding carboxylic acids is 1. The second-order valence-electron chi connectivity index (χ2n) is 8.40. The van der Waals surface area contributed by atoms with Gasteiger partial charge < -0.3 is 24.1 Å². The van der Waals surface area contributed by atoms with Crippen molar-refractivity contribution in [3.8, 4) is 11.5 Å². The minimum Gasteiger partial charge on any atom is -0.493 e. The fourth-order valence-electron chi connectivity index (χ4n) is 4.29. The van der Waals surface area contributed by atoms with Crippen molar-refractivity contribution in [2.45, 2.75) is 19.4 Å². The maximum absolute atomic E-state index is 12.3. The van der Waals surface area contributed by atoms with Crippen LogP contribution in [0.4, 0.5) is 0 Å². The Morgan fingerprint density at radius 3 is 2.70 bits per heavy atom. The first kappa shape index (κ1) is 21.3. The molecule has 5 rings (SSSR count). The number of benzene rings is 3. The molecule has 170 valence electrons. The van der Waals surface area contributed by atoms with Gasteiger partial charge in [-0.3, -0.25) is 4.79 Å². The van der Waals surface area contributed by atoms with Crippen LogP contribution in [0.25, 0.3) is 21.8 Å². The largest absolute Gasteiger partial charge is 0.493 e. The number of aryl methyl sites for hydroxylation is 1. The van der Waals surface area contributed by atoms with E-state index in [0.29, 0.717) is 32.7 Å². The Kier molecular flexibility index (Phi) is 6.17. The van der Waals surface area contributed by atoms with Crippen LogP contribution in [-0.4, -0.2) is 54.8 Å². The molecule has 2 heterocycles. The third-order valence-corrected chi connectivity index (χ3v) is 6.12. The molecule has 0 aliphatic carbocycles. The summed E-state index contributed by atoms with van der Waals surface area (Å²) in [6.45, 7) is 4.21. The van der Waals surface area contributed by atoms with Crippen LogP contribution in [0.3, 0.4) is 0 Å². The fourth-order valence-corrected chi connectivity index (χ4v) is 4.29. The summed E-state index contributed by atoms with van der Waals surface area (Å²) in [5.74, 6) is 1.68. The lowest BCUT2D eigenvalue weighted by Crippen LogP contribution is -2.48. The predicted molar refractivity (Wildman–Crippen MR) is 129 cm³/mol. The summed E-state index contributed by atoms with van der Waals surface area (Å²) >= 11 is 0. The van der Waals surface area contributed by atoms with Gasteiger partial charge in [-0.1, -0.05) is 36.4 Å². The summed E-state index contributed by atoms with van der Waals surface area (Å²) in [6, 6.07) is 22.3. The Morgan fingerprint density at radius 1 is 0.970 bits per heavy atom. The zero-order valence-electron chi connectivity index (χ0n) is 18.8. The number of carbonyl (C=O) groups is 1. The minimum absolute atomic E-state index is 0.00446. The molecule has 3 aromatic carbocycles. The minimum atomic E-state index is -0.0435. The summed E-state index contributed by atoms with van der Waals surface area (Å²) in [5.41, 5.74) is 3.27. The molecule has 4 aromatic rings. The van der Waals surface area contributed by atoms with Crippen molar-refractivity contribution in [1.82, 2.24) is 9.88 Å². The van der Waals surface area contributed by atoms with Gasteiger partial charge in [0.1, 0.15) is 24.7 Å². The second-order valence-corrected chi connectivity index (χ2v) is 8.40. The second kappa shape index (κ2) is 9.55. The number of nitrogens with zero attached hydrogens (tertiary/aromatic N) is 1. The molecule has 6 heteroatoms. The van der Waals surface area contributed by atoms with Gasteiger partial charge in [0.2, 0.25) is 5.91 Å². The summed E-state index contributed by atoms with van der Waals surface area (Å²) in [5, 5.41) is 2.40. The molecule has 1 saturated heterocycles. The normalized spacial score (nSPS) is 16.5. The van der Waals surface area contributed by atoms with Gasteiger partial charge in [0.15, 0.2) is 0 Å². The average molecular weight is 445 g/mol. The molecule has 1 unspecified atom stereocenters. The number of hydrogen-bond acceptors (Lipinski definition) is 4. The zero-order valence-corrected chi connectivity index (χ0v) is 18.8. The molecule has 1 amide bonds. The van der Waals surface area contributed by atoms with Crippen molar-refractivity contribution in [2.24, 2.45) is 0 Å². The molecule has 1 atom stereocenters. The van der Waals surface area contributed by atoms with Crippen molar-refractivity contribution < 1.29 is 19.0 Å². The number of nitrogens with one attached hydrogen (secondary N) is 1. The maximum Gasteiger partial charge on any atom is 0.248 e. The third-order valence-electron chi connectivity index (χ3n) is 6.12. The van der Waals surface area contributed by atoms with Gasteiger partial charge in [0, 0.05) is 35.3 Å². The van der Waals surface area contributed by atoms with Crippen LogP contribution in [-0.2, 0) is 9.53 Å². The topological polar surface area (TPSA) is 63.8 Å². The van der Waals surface area contributed by atoms with Crippen molar-refractivity contribution >= 4 is 27.7 Å². The number of hydrogen-bond donors (Lipinski definition) is 1. The SMILES string of the molecule is Cc1ccccc1OCCN1CC(CCOc2ccc3c(c2)[nH]c2ccccc23)OCC1=O. The smallest absolute Gasteiger partial charge is 0.248 e. The van der Waals surface area contributed by atoms with Gasteiger partial charge in [-0.2, -0.15) is 0 Å². The fraction of sp³-hybridized carbons (Fsp3) is 0.296. The Balaban J connectivity index is 1.12. The lowest BCUT2D eigenvalue weighted by atomic mass is 10.1. The van der Waals surface area contributed by atoms with E-state index < -0.39 is 0 Å². The number of aromatic nitrogens is 1. The number of morpholine rings is 1. The molecule has 6 nitrogen and oxygen atoms in total. The molecule has 1 N–H and O–H groups in total. The van der Waals surface area contributed by atoms with Gasteiger partial charge in [-0.05, 0) is 36.8 Å². The van der Waals surface area contributed by atoms with Gasteiger partial charge >= 0.3 is 0 Å². The van der Waals surface area contributed by atoms with Crippen molar-refractivity contribution in [3.63, 3.8) is 0 Å². The highest BCUT2D eigenvalue weighted by atomic mass is 16.5. The van der Waals surface area contributed by atoms with Crippen molar-refractivity contribution in [1.29, 1.82) is 0 Å². The van der Waals surface area contributed by atoms with E-state index in [9.17, 15) is 4.79 Å². The number of ether oxygens (including phenoxy) is 3. The predicted octanol–water partition coefficient (Wildman–Crippen LogP) is 4.70. The number of fused-ring (bicyclic) bond motifs is 3. The molecule has 1 aliphatic heterocycles. The lowest BCUT2D eigenvalue weighted by Gasteiger charge is -2.32. The number of rotatable bonds is 8. The van der Waals surface area contributed by atoms with Gasteiger partial charge in [0.05, 0.1) is 24.8 Å². The van der Waals surface area contributed by atoms with E-state index in [1.807, 2.05) is 60.4 Å². The number of aromatic amines is 1. The van der Waals surface area contributed by atoms with Crippen LogP contribution in [0.1, 0.15) is 12.0 Å². The van der Waals surface area contributed by atoms with Gasteiger partial charge in [-0.25, -0.2) is 0 Å². The molecule has 0 radical (unpaired) electrons. The number of H-pyrrole nitrogens is 1. The first-order valence-electron chi connectivity index (χ1n) is 11.4. The van der Waals surface area contributed by atoms with Crippen molar-refractivity contribution in [3.05, 3.63) is 72.3 Å². The highest BCUT2D eigenvalue weighted by Crippen LogP contribution is 2.28. The zero-order chi connectivity index (χ0) is 22.6.